The minimum atomic E-state index is 0.321. The fourth-order valence-electron chi connectivity index (χ4n) is 2.83. The highest BCUT2D eigenvalue weighted by Gasteiger charge is 2.24. The highest BCUT2D eigenvalue weighted by molar-refractivity contribution is 5.79. The molecule has 5 nitrogen and oxygen atoms in total. The van der Waals surface area contributed by atoms with E-state index in [-0.39, 0.29) is 0 Å². The smallest absolute Gasteiger partial charge is 0.153 e. The zero-order valence-corrected chi connectivity index (χ0v) is 13.4. The molecule has 22 heavy (non-hydrogen) atoms. The first-order valence-corrected chi connectivity index (χ1v) is 7.93. The summed E-state index contributed by atoms with van der Waals surface area (Å²) in [5, 5.41) is 0. The number of benzene rings is 1. The third-order valence-electron chi connectivity index (χ3n) is 3.75. The van der Waals surface area contributed by atoms with Crippen LogP contribution in [0, 0.1) is 0 Å². The van der Waals surface area contributed by atoms with Crippen LogP contribution in [0.3, 0.4) is 0 Å². The summed E-state index contributed by atoms with van der Waals surface area (Å²) in [4.78, 5) is 12.4. The van der Waals surface area contributed by atoms with Gasteiger partial charge in [-0.05, 0) is 26.0 Å². The number of rotatable bonds is 8. The molecule has 1 saturated heterocycles. The molecule has 5 heteroatoms. The first-order valence-electron chi connectivity index (χ1n) is 7.93. The Morgan fingerprint density at radius 1 is 1.18 bits per heavy atom. The summed E-state index contributed by atoms with van der Waals surface area (Å²) in [7, 11) is 0. The quantitative estimate of drug-likeness (QED) is 0.564. The summed E-state index contributed by atoms with van der Waals surface area (Å²) in [5.74, 6) is 0.613. The van der Waals surface area contributed by atoms with E-state index in [1.165, 1.54) is 4.90 Å². The molecule has 0 amide bonds. The molecular formula is C17H26NO4+. The number of ether oxygens (including phenoxy) is 3. The highest BCUT2D eigenvalue weighted by Crippen LogP contribution is 2.15. The molecule has 1 aromatic rings. The summed E-state index contributed by atoms with van der Waals surface area (Å²) < 4.78 is 16.9. The zero-order chi connectivity index (χ0) is 15.8. The summed E-state index contributed by atoms with van der Waals surface area (Å²) in [6.45, 7) is 9.01. The van der Waals surface area contributed by atoms with Crippen LogP contribution in [0.5, 0.6) is 5.75 Å². The molecule has 1 fully saturated rings. The second kappa shape index (κ2) is 8.88. The van der Waals surface area contributed by atoms with Crippen molar-refractivity contribution >= 4 is 6.29 Å². The van der Waals surface area contributed by atoms with Crippen molar-refractivity contribution in [2.75, 3.05) is 39.5 Å². The van der Waals surface area contributed by atoms with E-state index in [9.17, 15) is 4.79 Å². The third kappa shape index (κ3) is 5.40. The van der Waals surface area contributed by atoms with E-state index in [0.717, 1.165) is 25.9 Å². The predicted octanol–water partition coefficient (Wildman–Crippen LogP) is 0.587. The van der Waals surface area contributed by atoms with Crippen molar-refractivity contribution in [2.45, 2.75) is 26.1 Å². The average Bonchev–Trinajstić information content (AvgIpc) is 2.50. The van der Waals surface area contributed by atoms with Gasteiger partial charge in [-0.25, -0.2) is 0 Å². The van der Waals surface area contributed by atoms with Crippen molar-refractivity contribution in [3.8, 4) is 5.75 Å². The monoisotopic (exact) mass is 308 g/mol. The zero-order valence-electron chi connectivity index (χ0n) is 13.4. The number of quaternary nitrogens is 1. The first kappa shape index (κ1) is 16.9. The Labute approximate surface area is 132 Å². The van der Waals surface area contributed by atoms with Gasteiger partial charge >= 0.3 is 0 Å². The van der Waals surface area contributed by atoms with Crippen molar-refractivity contribution < 1.29 is 23.9 Å². The topological polar surface area (TPSA) is 49.2 Å². The van der Waals surface area contributed by atoms with Crippen LogP contribution < -0.4 is 9.64 Å². The number of nitrogens with one attached hydrogen (secondary N) is 1. The lowest BCUT2D eigenvalue weighted by atomic mass is 10.2. The highest BCUT2D eigenvalue weighted by atomic mass is 16.5. The Morgan fingerprint density at radius 3 is 2.64 bits per heavy atom. The fraction of sp³-hybridized carbons (Fsp3) is 0.588. The van der Waals surface area contributed by atoms with Crippen molar-refractivity contribution in [2.24, 2.45) is 0 Å². The van der Waals surface area contributed by atoms with Crippen LogP contribution in [0.1, 0.15) is 24.2 Å². The lowest BCUT2D eigenvalue weighted by molar-refractivity contribution is -0.915. The van der Waals surface area contributed by atoms with Crippen LogP contribution in [0.4, 0.5) is 0 Å². The maximum Gasteiger partial charge on any atom is 0.153 e. The Balaban J connectivity index is 1.59. The van der Waals surface area contributed by atoms with Gasteiger partial charge < -0.3 is 19.1 Å². The van der Waals surface area contributed by atoms with E-state index >= 15 is 0 Å². The van der Waals surface area contributed by atoms with E-state index < -0.39 is 0 Å². The van der Waals surface area contributed by atoms with Crippen molar-refractivity contribution in [1.82, 2.24) is 0 Å². The SMILES string of the molecule is C[C@H]1C[NH+](CCOCCOc2ccccc2C=O)C[C@H](C)O1. The largest absolute Gasteiger partial charge is 0.490 e. The lowest BCUT2D eigenvalue weighted by Gasteiger charge is -2.32. The van der Waals surface area contributed by atoms with Gasteiger partial charge in [-0.15, -0.1) is 0 Å². The summed E-state index contributed by atoms with van der Waals surface area (Å²) in [6.07, 6.45) is 1.45. The fourth-order valence-corrected chi connectivity index (χ4v) is 2.83. The summed E-state index contributed by atoms with van der Waals surface area (Å²) in [6, 6.07) is 7.21. The van der Waals surface area contributed by atoms with Crippen LogP contribution in [-0.2, 0) is 9.47 Å². The molecule has 0 aromatic heterocycles. The van der Waals surface area contributed by atoms with Crippen LogP contribution in [0.2, 0.25) is 0 Å². The van der Waals surface area contributed by atoms with Crippen LogP contribution in [0.25, 0.3) is 0 Å². The van der Waals surface area contributed by atoms with E-state index in [2.05, 4.69) is 13.8 Å². The van der Waals surface area contributed by atoms with E-state index in [4.69, 9.17) is 14.2 Å². The molecule has 1 aromatic carbocycles. The summed E-state index contributed by atoms with van der Waals surface area (Å²) in [5.41, 5.74) is 0.572. The molecule has 1 aliphatic rings. The van der Waals surface area contributed by atoms with Gasteiger partial charge in [0.2, 0.25) is 0 Å². The number of aldehydes is 1. The number of para-hydroxylation sites is 1. The number of carbonyl (C=O) groups is 1. The van der Waals surface area contributed by atoms with Crippen molar-refractivity contribution in [3.63, 3.8) is 0 Å². The molecule has 0 unspecified atom stereocenters. The molecule has 2 rings (SSSR count). The minimum absolute atomic E-state index is 0.321. The van der Waals surface area contributed by atoms with Gasteiger partial charge in [-0.3, -0.25) is 4.79 Å². The molecule has 0 saturated carbocycles. The second-order valence-electron chi connectivity index (χ2n) is 5.78. The molecule has 1 aliphatic heterocycles. The number of carbonyl (C=O) groups excluding carboxylic acids is 1. The average molecular weight is 308 g/mol. The normalized spacial score (nSPS) is 24.9. The predicted molar refractivity (Wildman–Crippen MR) is 83.7 cm³/mol. The van der Waals surface area contributed by atoms with Gasteiger partial charge in [0.25, 0.3) is 0 Å². The van der Waals surface area contributed by atoms with Gasteiger partial charge in [0.1, 0.15) is 44.2 Å². The van der Waals surface area contributed by atoms with Gasteiger partial charge in [0.15, 0.2) is 6.29 Å². The molecule has 1 N–H and O–H groups in total. The van der Waals surface area contributed by atoms with E-state index in [1.807, 2.05) is 12.1 Å². The van der Waals surface area contributed by atoms with Crippen molar-refractivity contribution in [3.05, 3.63) is 29.8 Å². The first-order chi connectivity index (χ1) is 10.7. The molecule has 0 aliphatic carbocycles. The van der Waals surface area contributed by atoms with Crippen LogP contribution >= 0.6 is 0 Å². The van der Waals surface area contributed by atoms with Gasteiger partial charge in [-0.2, -0.15) is 0 Å². The number of hydrogen-bond donors (Lipinski definition) is 1. The Bertz CT molecular complexity index is 456. The minimum Gasteiger partial charge on any atom is -0.490 e. The molecule has 2 atom stereocenters. The lowest BCUT2D eigenvalue weighted by Crippen LogP contribution is -3.15. The maximum atomic E-state index is 10.9. The number of morpholine rings is 1. The summed E-state index contributed by atoms with van der Waals surface area (Å²) >= 11 is 0. The third-order valence-corrected chi connectivity index (χ3v) is 3.75. The molecular weight excluding hydrogens is 282 g/mol. The van der Waals surface area contributed by atoms with E-state index in [0.29, 0.717) is 43.3 Å². The molecule has 0 spiro atoms. The maximum absolute atomic E-state index is 10.9. The second-order valence-corrected chi connectivity index (χ2v) is 5.78. The Hall–Kier alpha value is -1.43. The van der Waals surface area contributed by atoms with Crippen LogP contribution in [-0.4, -0.2) is 57.9 Å². The van der Waals surface area contributed by atoms with Crippen molar-refractivity contribution in [1.29, 1.82) is 0 Å². The molecule has 122 valence electrons. The van der Waals surface area contributed by atoms with Gasteiger partial charge in [0.05, 0.1) is 18.8 Å². The van der Waals surface area contributed by atoms with E-state index in [1.54, 1.807) is 12.1 Å². The Kier molecular flexibility index (Phi) is 6.83. The van der Waals surface area contributed by atoms with Gasteiger partial charge in [-0.1, -0.05) is 12.1 Å². The molecule has 0 radical (unpaired) electrons. The van der Waals surface area contributed by atoms with Crippen LogP contribution in [0.15, 0.2) is 24.3 Å². The Morgan fingerprint density at radius 2 is 1.91 bits per heavy atom. The molecule has 1 heterocycles. The van der Waals surface area contributed by atoms with Gasteiger partial charge in [0, 0.05) is 0 Å². The standard InChI is InChI=1S/C17H25NO4/c1-14-11-18(12-15(2)22-14)7-8-20-9-10-21-17-6-4-3-5-16(17)13-19/h3-6,13-15H,7-12H2,1-2H3/p+1/t14-,15-/m0/s1. The number of hydrogen-bond acceptors (Lipinski definition) is 4. The molecule has 0 bridgehead atoms.